The third kappa shape index (κ3) is 6.57. The van der Waals surface area contributed by atoms with Crippen LogP contribution < -0.4 is 9.64 Å². The molecule has 0 aliphatic carbocycles. The van der Waals surface area contributed by atoms with Crippen molar-refractivity contribution < 1.29 is 9.53 Å². The molecule has 0 atom stereocenters. The van der Waals surface area contributed by atoms with Gasteiger partial charge in [0.25, 0.3) is 0 Å². The van der Waals surface area contributed by atoms with Crippen molar-refractivity contribution >= 4 is 53.8 Å². The summed E-state index contributed by atoms with van der Waals surface area (Å²) in [6.07, 6.45) is 1.52. The number of amides is 1. The molecular weight excluding hydrogens is 559 g/mol. The van der Waals surface area contributed by atoms with Gasteiger partial charge in [0.15, 0.2) is 5.82 Å². The Morgan fingerprint density at radius 1 is 1.08 bits per heavy atom. The molecule has 0 saturated carbocycles. The van der Waals surface area contributed by atoms with E-state index in [1.54, 1.807) is 16.7 Å². The summed E-state index contributed by atoms with van der Waals surface area (Å²) in [7, 11) is 1.68. The lowest BCUT2D eigenvalue weighted by Crippen LogP contribution is -2.50. The van der Waals surface area contributed by atoms with E-state index in [1.165, 1.54) is 11.8 Å². The molecule has 11 heteroatoms. The van der Waals surface area contributed by atoms with Gasteiger partial charge in [0.1, 0.15) is 17.4 Å². The van der Waals surface area contributed by atoms with Crippen LogP contribution in [0.3, 0.4) is 0 Å². The number of carbonyl (C=O) groups excluding carboxylic acids is 1. The molecule has 1 fully saturated rings. The second-order valence-electron chi connectivity index (χ2n) is 9.43. The minimum absolute atomic E-state index is 0. The fourth-order valence-corrected chi connectivity index (χ4v) is 5.22. The second kappa shape index (κ2) is 13.3. The highest BCUT2D eigenvalue weighted by molar-refractivity contribution is 6.30. The van der Waals surface area contributed by atoms with Crippen LogP contribution >= 0.6 is 36.4 Å². The topological polar surface area (TPSA) is 77.6 Å². The Morgan fingerprint density at radius 3 is 2.49 bits per heavy atom. The number of nitriles is 1. The third-order valence-corrected chi connectivity index (χ3v) is 7.13. The number of halogens is 3. The number of hydrogen-bond donors (Lipinski definition) is 0. The van der Waals surface area contributed by atoms with Crippen molar-refractivity contribution in [2.24, 2.45) is 0 Å². The zero-order chi connectivity index (χ0) is 25.9. The Bertz CT molecular complexity index is 1390. The van der Waals surface area contributed by atoms with Crippen LogP contribution in [0.4, 0.5) is 5.82 Å². The zero-order valence-corrected chi connectivity index (χ0v) is 24.2. The number of methoxy groups -OCH3 is 1. The van der Waals surface area contributed by atoms with Gasteiger partial charge in [-0.15, -0.1) is 24.8 Å². The molecule has 39 heavy (non-hydrogen) atoms. The maximum Gasteiger partial charge on any atom is 0.242 e. The summed E-state index contributed by atoms with van der Waals surface area (Å²) in [6.45, 7) is 6.90. The number of ether oxygens (including phenoxy) is 1. The first-order valence-electron chi connectivity index (χ1n) is 12.3. The Morgan fingerprint density at radius 2 is 1.79 bits per heavy atom. The van der Waals surface area contributed by atoms with Crippen molar-refractivity contribution in [3.8, 4) is 11.8 Å². The van der Waals surface area contributed by atoms with E-state index in [1.807, 2.05) is 43.3 Å². The van der Waals surface area contributed by atoms with Gasteiger partial charge in [0.05, 0.1) is 32.1 Å². The number of anilines is 1. The van der Waals surface area contributed by atoms with E-state index >= 15 is 0 Å². The number of rotatable bonds is 6. The van der Waals surface area contributed by atoms with Gasteiger partial charge in [-0.3, -0.25) is 19.5 Å². The first kappa shape index (κ1) is 30.5. The summed E-state index contributed by atoms with van der Waals surface area (Å²) in [5, 5.41) is 14.8. The van der Waals surface area contributed by atoms with Crippen LogP contribution in [-0.4, -0.2) is 71.9 Å². The Kier molecular flexibility index (Phi) is 10.4. The largest absolute Gasteiger partial charge is 0.497 e. The Hall–Kier alpha value is -3.06. The fraction of sp³-hybridized carbons (Fsp3) is 0.321. The van der Waals surface area contributed by atoms with Crippen molar-refractivity contribution in [1.82, 2.24) is 19.6 Å². The summed E-state index contributed by atoms with van der Waals surface area (Å²) < 4.78 is 7.04. The van der Waals surface area contributed by atoms with Crippen molar-refractivity contribution in [3.05, 3.63) is 82.0 Å². The van der Waals surface area contributed by atoms with E-state index in [0.717, 1.165) is 55.3 Å². The van der Waals surface area contributed by atoms with E-state index in [9.17, 15) is 10.1 Å². The van der Waals surface area contributed by atoms with Crippen LogP contribution in [0.1, 0.15) is 23.6 Å². The van der Waals surface area contributed by atoms with Gasteiger partial charge < -0.3 is 4.74 Å². The molecule has 206 valence electrons. The van der Waals surface area contributed by atoms with Gasteiger partial charge in [0.2, 0.25) is 5.91 Å². The number of nitrogens with zero attached hydrogens (tertiary/aromatic N) is 6. The van der Waals surface area contributed by atoms with Crippen LogP contribution in [0.15, 0.2) is 60.3 Å². The molecule has 1 saturated heterocycles. The van der Waals surface area contributed by atoms with Gasteiger partial charge in [-0.25, -0.2) is 4.68 Å². The molecule has 8 nitrogen and oxygen atoms in total. The molecule has 0 N–H and O–H groups in total. The smallest absolute Gasteiger partial charge is 0.242 e. The Balaban J connectivity index is 0.00000210. The molecule has 0 unspecified atom stereocenters. The lowest BCUT2D eigenvalue weighted by molar-refractivity contribution is -0.120. The number of carbonyl (C=O) groups is 1. The first-order valence-corrected chi connectivity index (χ1v) is 12.7. The lowest BCUT2D eigenvalue weighted by atomic mass is 10.0. The minimum Gasteiger partial charge on any atom is -0.497 e. The van der Waals surface area contributed by atoms with Crippen LogP contribution in [0, 0.1) is 11.3 Å². The average molecular weight is 590 g/mol. The molecule has 0 radical (unpaired) electrons. The average Bonchev–Trinajstić information content (AvgIpc) is 3.33. The quantitative estimate of drug-likeness (QED) is 0.415. The van der Waals surface area contributed by atoms with Crippen LogP contribution in [0.2, 0.25) is 5.02 Å². The summed E-state index contributed by atoms with van der Waals surface area (Å²) in [6, 6.07) is 17.9. The van der Waals surface area contributed by atoms with Crippen molar-refractivity contribution in [1.29, 1.82) is 5.26 Å². The predicted molar refractivity (Wildman–Crippen MR) is 158 cm³/mol. The maximum absolute atomic E-state index is 13.5. The Labute approximate surface area is 246 Å². The fourth-order valence-electron chi connectivity index (χ4n) is 5.03. The highest BCUT2D eigenvalue weighted by atomic mass is 35.5. The maximum atomic E-state index is 13.5. The van der Waals surface area contributed by atoms with Gasteiger partial charge >= 0.3 is 0 Å². The number of piperazine rings is 1. The summed E-state index contributed by atoms with van der Waals surface area (Å²) in [4.78, 5) is 19.8. The van der Waals surface area contributed by atoms with Gasteiger partial charge in [-0.1, -0.05) is 35.9 Å². The van der Waals surface area contributed by atoms with Crippen LogP contribution in [0.5, 0.6) is 5.75 Å². The number of aromatic nitrogens is 2. The van der Waals surface area contributed by atoms with Crippen molar-refractivity contribution in [3.63, 3.8) is 0 Å². The van der Waals surface area contributed by atoms with E-state index in [4.69, 9.17) is 16.3 Å². The normalized spacial score (nSPS) is 15.6. The molecule has 1 aromatic heterocycles. The van der Waals surface area contributed by atoms with E-state index < -0.39 is 0 Å². The molecule has 0 bridgehead atoms. The molecule has 3 aromatic rings. The zero-order valence-electron chi connectivity index (χ0n) is 21.8. The highest BCUT2D eigenvalue weighted by Crippen LogP contribution is 2.35. The number of fused-ring (bicyclic) bond motifs is 1. The van der Waals surface area contributed by atoms with Crippen molar-refractivity contribution in [2.45, 2.75) is 13.5 Å². The second-order valence-corrected chi connectivity index (χ2v) is 9.86. The molecule has 2 aliphatic rings. The molecule has 1 amide bonds. The lowest BCUT2D eigenvalue weighted by Gasteiger charge is -2.36. The predicted octanol–water partition coefficient (Wildman–Crippen LogP) is 4.70. The summed E-state index contributed by atoms with van der Waals surface area (Å²) in [5.41, 5.74) is 4.34. The van der Waals surface area contributed by atoms with E-state index in [0.29, 0.717) is 29.5 Å². The minimum atomic E-state index is -0.0380. The van der Waals surface area contributed by atoms with E-state index in [2.05, 4.69) is 33.1 Å². The molecular formula is C28H31Cl3N6O2. The number of hydrogen-bond acceptors (Lipinski definition) is 6. The molecule has 2 aromatic carbocycles. The molecule has 2 aliphatic heterocycles. The number of benzene rings is 2. The van der Waals surface area contributed by atoms with Crippen molar-refractivity contribution in [2.75, 3.05) is 51.3 Å². The third-order valence-electron chi connectivity index (χ3n) is 6.89. The monoisotopic (exact) mass is 588 g/mol. The first-order chi connectivity index (χ1) is 18.0. The molecule has 5 rings (SSSR count). The highest BCUT2D eigenvalue weighted by Gasteiger charge is 2.32. The van der Waals surface area contributed by atoms with Crippen LogP contribution in [0.25, 0.3) is 5.70 Å². The standard InChI is InChI=1S/C28H29ClN6O2.2ClH/c1-20-17-34(28-23(15-30)16-31-35(28)27(20)22-6-4-7-24(29)14-22)26(36)19-33-11-9-32(10-12-33)18-21-5-3-8-25(13-21)37-2;;/h3-8,13-14,16H,9-12,17-19H2,1-2H3;2*1H. The summed E-state index contributed by atoms with van der Waals surface area (Å²) in [5.74, 6) is 1.34. The molecule has 3 heterocycles. The van der Waals surface area contributed by atoms with E-state index in [-0.39, 0.29) is 30.7 Å². The van der Waals surface area contributed by atoms with Gasteiger partial charge in [0, 0.05) is 43.3 Å². The summed E-state index contributed by atoms with van der Waals surface area (Å²) >= 11 is 6.24. The molecule has 0 spiro atoms. The van der Waals surface area contributed by atoms with Crippen LogP contribution in [-0.2, 0) is 11.3 Å². The SMILES string of the molecule is COc1cccc(CN2CCN(CC(=O)N3CC(C)=C(c4cccc(Cl)c4)n4ncc(C#N)c43)CC2)c1.Cl.Cl. The van der Waals surface area contributed by atoms with Gasteiger partial charge in [-0.05, 0) is 42.3 Å². The van der Waals surface area contributed by atoms with Gasteiger partial charge in [-0.2, -0.15) is 10.4 Å².